The van der Waals surface area contributed by atoms with Crippen molar-refractivity contribution in [2.24, 2.45) is 0 Å². The van der Waals surface area contributed by atoms with Gasteiger partial charge < -0.3 is 9.88 Å². The molecule has 1 amide bonds. The number of nitrogens with zero attached hydrogens (tertiary/aromatic N) is 3. The highest BCUT2D eigenvalue weighted by Crippen LogP contribution is 2.19. The maximum Gasteiger partial charge on any atom is 0.251 e. The van der Waals surface area contributed by atoms with Crippen LogP contribution in [0.1, 0.15) is 19.3 Å². The van der Waals surface area contributed by atoms with Gasteiger partial charge in [-0.25, -0.2) is 13.4 Å². The van der Waals surface area contributed by atoms with Gasteiger partial charge in [-0.1, -0.05) is 6.42 Å². The number of carbonyl (C=O) groups excluding carboxylic acids is 1. The highest BCUT2D eigenvalue weighted by molar-refractivity contribution is 7.89. The average Bonchev–Trinajstić information content (AvgIpc) is 3.10. The number of nitrogens with one attached hydrogen (secondary N) is 1. The fraction of sp³-hybridized carbons (Fsp3) is 0.400. The van der Waals surface area contributed by atoms with Gasteiger partial charge in [-0.3, -0.25) is 9.59 Å². The van der Waals surface area contributed by atoms with Gasteiger partial charge in [0.05, 0.1) is 4.90 Å². The zero-order chi connectivity index (χ0) is 17.9. The third-order valence-corrected chi connectivity index (χ3v) is 6.47. The second kappa shape index (κ2) is 7.46. The van der Waals surface area contributed by atoms with E-state index in [2.05, 4.69) is 10.3 Å². The average molecular weight is 382 g/mol. The molecule has 0 spiro atoms. The first kappa shape index (κ1) is 17.8. The third kappa shape index (κ3) is 4.14. The monoisotopic (exact) mass is 382 g/mol. The Kier molecular flexibility index (Phi) is 5.30. The van der Waals surface area contributed by atoms with Crippen LogP contribution in [-0.2, 0) is 21.4 Å². The number of carbonyl (C=O) groups is 1. The van der Waals surface area contributed by atoms with E-state index in [-0.39, 0.29) is 11.4 Å². The first-order valence-corrected chi connectivity index (χ1v) is 10.2. The van der Waals surface area contributed by atoms with Gasteiger partial charge in [-0.05, 0) is 18.9 Å². The lowest BCUT2D eigenvalue weighted by Crippen LogP contribution is -2.36. The number of aromatic nitrogens is 2. The number of hydrogen-bond donors (Lipinski definition) is 1. The van der Waals surface area contributed by atoms with Gasteiger partial charge in [0, 0.05) is 36.9 Å². The number of amides is 1. The molecule has 1 saturated heterocycles. The van der Waals surface area contributed by atoms with E-state index in [9.17, 15) is 18.0 Å². The topological polar surface area (TPSA) is 101 Å². The van der Waals surface area contributed by atoms with Gasteiger partial charge in [0.15, 0.2) is 5.13 Å². The van der Waals surface area contributed by atoms with Crippen LogP contribution in [0.25, 0.3) is 0 Å². The molecule has 0 aromatic carbocycles. The number of hydrogen-bond acceptors (Lipinski definition) is 6. The molecular formula is C15H18N4O4S2. The highest BCUT2D eigenvalue weighted by Gasteiger charge is 2.26. The van der Waals surface area contributed by atoms with E-state index < -0.39 is 21.5 Å². The third-order valence-electron chi connectivity index (χ3n) is 3.90. The molecule has 3 rings (SSSR count). The second-order valence-electron chi connectivity index (χ2n) is 5.68. The Bertz CT molecular complexity index is 900. The molecule has 0 atom stereocenters. The lowest BCUT2D eigenvalue weighted by Gasteiger charge is -2.26. The molecule has 2 aromatic heterocycles. The molecule has 1 fully saturated rings. The Morgan fingerprint density at radius 3 is 2.68 bits per heavy atom. The largest absolute Gasteiger partial charge is 0.305 e. The van der Waals surface area contributed by atoms with E-state index in [4.69, 9.17) is 0 Å². The maximum atomic E-state index is 12.7. The number of anilines is 1. The lowest BCUT2D eigenvalue weighted by molar-refractivity contribution is -0.116. The Balaban J connectivity index is 1.80. The fourth-order valence-corrected chi connectivity index (χ4v) is 4.72. The molecule has 0 aliphatic carbocycles. The minimum absolute atomic E-state index is 0.0241. The summed E-state index contributed by atoms with van der Waals surface area (Å²) in [7, 11) is -3.66. The molecule has 3 heterocycles. The summed E-state index contributed by atoms with van der Waals surface area (Å²) >= 11 is 1.26. The van der Waals surface area contributed by atoms with Gasteiger partial charge in [-0.2, -0.15) is 4.31 Å². The SMILES string of the molecule is O=C(Cn1cc(S(=O)(=O)N2CCCCC2)ccc1=O)Nc1nccs1. The molecule has 1 N–H and O–H groups in total. The van der Waals surface area contributed by atoms with Crippen LogP contribution in [0.4, 0.5) is 5.13 Å². The second-order valence-corrected chi connectivity index (χ2v) is 8.51. The number of rotatable bonds is 5. The summed E-state index contributed by atoms with van der Waals surface area (Å²) in [4.78, 5) is 28.0. The summed E-state index contributed by atoms with van der Waals surface area (Å²) in [6, 6.07) is 2.47. The molecular weight excluding hydrogens is 364 g/mol. The van der Waals surface area contributed by atoms with Crippen LogP contribution < -0.4 is 10.9 Å². The van der Waals surface area contributed by atoms with Gasteiger partial charge in [0.1, 0.15) is 6.54 Å². The van der Waals surface area contributed by atoms with Crippen LogP contribution in [0, 0.1) is 0 Å². The summed E-state index contributed by atoms with van der Waals surface area (Å²) < 4.78 is 27.9. The number of thiazole rings is 1. The zero-order valence-corrected chi connectivity index (χ0v) is 15.1. The molecule has 0 saturated carbocycles. The van der Waals surface area contributed by atoms with Crippen molar-refractivity contribution in [1.82, 2.24) is 13.9 Å². The van der Waals surface area contributed by atoms with Crippen molar-refractivity contribution in [2.45, 2.75) is 30.7 Å². The van der Waals surface area contributed by atoms with E-state index in [1.165, 1.54) is 34.0 Å². The quantitative estimate of drug-likeness (QED) is 0.835. The maximum absolute atomic E-state index is 12.7. The van der Waals surface area contributed by atoms with Crippen molar-refractivity contribution < 1.29 is 13.2 Å². The van der Waals surface area contributed by atoms with Crippen molar-refractivity contribution in [2.75, 3.05) is 18.4 Å². The minimum atomic E-state index is -3.66. The van der Waals surface area contributed by atoms with Crippen LogP contribution >= 0.6 is 11.3 Å². The van der Waals surface area contributed by atoms with E-state index in [0.717, 1.165) is 23.8 Å². The van der Waals surface area contributed by atoms with Crippen LogP contribution in [0.5, 0.6) is 0 Å². The van der Waals surface area contributed by atoms with E-state index in [1.807, 2.05) is 0 Å². The van der Waals surface area contributed by atoms with Gasteiger partial charge in [-0.15, -0.1) is 11.3 Å². The molecule has 0 unspecified atom stereocenters. The predicted molar refractivity (Wildman–Crippen MR) is 94.1 cm³/mol. The van der Waals surface area contributed by atoms with Crippen LogP contribution in [-0.4, -0.2) is 41.3 Å². The molecule has 8 nitrogen and oxygen atoms in total. The lowest BCUT2D eigenvalue weighted by atomic mass is 10.2. The van der Waals surface area contributed by atoms with Crippen LogP contribution in [0.3, 0.4) is 0 Å². The molecule has 10 heteroatoms. The normalized spacial score (nSPS) is 15.8. The van der Waals surface area contributed by atoms with E-state index in [1.54, 1.807) is 11.6 Å². The van der Waals surface area contributed by atoms with Gasteiger partial charge >= 0.3 is 0 Å². The number of sulfonamides is 1. The van der Waals surface area contributed by atoms with Crippen molar-refractivity contribution in [1.29, 1.82) is 0 Å². The standard InChI is InChI=1S/C15H18N4O4S2/c20-13(17-15-16-6-9-24-15)11-18-10-12(4-5-14(18)21)25(22,23)19-7-2-1-3-8-19/h4-6,9-10H,1-3,7-8,11H2,(H,16,17,20). The Morgan fingerprint density at radius 1 is 1.24 bits per heavy atom. The van der Waals surface area contributed by atoms with Crippen molar-refractivity contribution in [3.05, 3.63) is 40.3 Å². The summed E-state index contributed by atoms with van der Waals surface area (Å²) in [6.07, 6.45) is 5.46. The first-order chi connectivity index (χ1) is 12.0. The molecule has 25 heavy (non-hydrogen) atoms. The molecule has 0 radical (unpaired) electrons. The highest BCUT2D eigenvalue weighted by atomic mass is 32.2. The summed E-state index contributed by atoms with van der Waals surface area (Å²) in [5.74, 6) is -0.440. The molecule has 134 valence electrons. The molecule has 0 bridgehead atoms. The Labute approximate surface area is 149 Å². The summed E-state index contributed by atoms with van der Waals surface area (Å²) in [5.41, 5.74) is -0.438. The Morgan fingerprint density at radius 2 is 2.00 bits per heavy atom. The van der Waals surface area contributed by atoms with Crippen molar-refractivity contribution in [3.63, 3.8) is 0 Å². The molecule has 1 aliphatic rings. The minimum Gasteiger partial charge on any atom is -0.305 e. The fourth-order valence-electron chi connectivity index (χ4n) is 2.64. The van der Waals surface area contributed by atoms with Gasteiger partial charge in [0.2, 0.25) is 15.9 Å². The predicted octanol–water partition coefficient (Wildman–Crippen LogP) is 1.12. The Hall–Kier alpha value is -2.04. The van der Waals surface area contributed by atoms with Gasteiger partial charge in [0.25, 0.3) is 5.56 Å². The van der Waals surface area contributed by atoms with Crippen molar-refractivity contribution in [3.8, 4) is 0 Å². The first-order valence-electron chi connectivity index (χ1n) is 7.87. The smallest absolute Gasteiger partial charge is 0.251 e. The van der Waals surface area contributed by atoms with Crippen LogP contribution in [0.2, 0.25) is 0 Å². The summed E-state index contributed by atoms with van der Waals surface area (Å²) in [5, 5.41) is 4.71. The number of pyridine rings is 1. The molecule has 2 aromatic rings. The van der Waals surface area contributed by atoms with E-state index in [0.29, 0.717) is 18.2 Å². The molecule has 1 aliphatic heterocycles. The van der Waals surface area contributed by atoms with Crippen LogP contribution in [0.15, 0.2) is 39.6 Å². The van der Waals surface area contributed by atoms with Crippen molar-refractivity contribution >= 4 is 32.4 Å². The zero-order valence-electron chi connectivity index (χ0n) is 13.4. The van der Waals surface area contributed by atoms with E-state index >= 15 is 0 Å². The number of piperidine rings is 1. The summed E-state index contributed by atoms with van der Waals surface area (Å²) in [6.45, 7) is 0.680.